The molecule has 1 aromatic rings. The fraction of sp³-hybridized carbons (Fsp3) is 0.789. The summed E-state index contributed by atoms with van der Waals surface area (Å²) in [5.41, 5.74) is 6.72. The highest BCUT2D eigenvalue weighted by atomic mass is 16.1. The molecule has 1 amide bonds. The third kappa shape index (κ3) is 4.06. The third-order valence-electron chi connectivity index (χ3n) is 5.85. The summed E-state index contributed by atoms with van der Waals surface area (Å²) in [4.78, 5) is 21.5. The minimum absolute atomic E-state index is 0.126. The smallest absolute Gasteiger partial charge is 0.238 e. The number of hydrogen-bond acceptors (Lipinski definition) is 4. The van der Waals surface area contributed by atoms with Crippen LogP contribution < -0.4 is 5.73 Å². The van der Waals surface area contributed by atoms with E-state index in [1.807, 2.05) is 12.5 Å². The van der Waals surface area contributed by atoms with E-state index >= 15 is 0 Å². The van der Waals surface area contributed by atoms with E-state index in [1.54, 1.807) is 0 Å². The molecule has 0 atom stereocenters. The van der Waals surface area contributed by atoms with Crippen LogP contribution in [0.15, 0.2) is 12.5 Å². The van der Waals surface area contributed by atoms with Crippen LogP contribution in [0.25, 0.3) is 0 Å². The van der Waals surface area contributed by atoms with Crippen LogP contribution >= 0.6 is 0 Å². The molecule has 25 heavy (non-hydrogen) atoms. The fourth-order valence-corrected chi connectivity index (χ4v) is 4.39. The van der Waals surface area contributed by atoms with Crippen LogP contribution in [0.1, 0.15) is 51.6 Å². The van der Waals surface area contributed by atoms with E-state index in [4.69, 9.17) is 5.73 Å². The number of rotatable bonds is 6. The summed E-state index contributed by atoms with van der Waals surface area (Å²) in [6, 6.07) is 0. The number of aromatic nitrogens is 2. The second kappa shape index (κ2) is 7.87. The first-order valence-corrected chi connectivity index (χ1v) is 9.77. The normalized spacial score (nSPS) is 22.4. The van der Waals surface area contributed by atoms with Gasteiger partial charge in [0.2, 0.25) is 5.91 Å². The molecule has 3 rings (SSSR count). The van der Waals surface area contributed by atoms with Gasteiger partial charge in [-0.1, -0.05) is 20.3 Å². The average molecular weight is 348 g/mol. The van der Waals surface area contributed by atoms with Crippen molar-refractivity contribution in [2.45, 2.75) is 64.6 Å². The maximum absolute atomic E-state index is 12.3. The van der Waals surface area contributed by atoms with Crippen LogP contribution in [0.3, 0.4) is 0 Å². The van der Waals surface area contributed by atoms with Gasteiger partial charge < -0.3 is 10.3 Å². The number of primary amides is 1. The van der Waals surface area contributed by atoms with E-state index in [-0.39, 0.29) is 5.91 Å². The number of nitrogens with zero attached hydrogens (tertiary/aromatic N) is 4. The van der Waals surface area contributed by atoms with Crippen LogP contribution in [0.4, 0.5) is 0 Å². The molecule has 0 spiro atoms. The fourth-order valence-electron chi connectivity index (χ4n) is 4.39. The number of carbonyl (C=O) groups excluding carboxylic acids is 1. The molecule has 6 heteroatoms. The molecular formula is C19H33N5O. The summed E-state index contributed by atoms with van der Waals surface area (Å²) in [7, 11) is 0. The van der Waals surface area contributed by atoms with Gasteiger partial charge in [-0.25, -0.2) is 4.98 Å². The Hall–Kier alpha value is -1.40. The Morgan fingerprint density at radius 1 is 1.20 bits per heavy atom. The first kappa shape index (κ1) is 18.4. The second-order valence-electron chi connectivity index (χ2n) is 8.15. The number of amides is 1. The number of nitrogens with two attached hydrogens (primary N) is 1. The Labute approximate surface area is 151 Å². The van der Waals surface area contributed by atoms with Crippen molar-refractivity contribution in [3.05, 3.63) is 18.2 Å². The number of hydrogen-bond donors (Lipinski definition) is 1. The van der Waals surface area contributed by atoms with Crippen molar-refractivity contribution in [2.24, 2.45) is 11.7 Å². The second-order valence-corrected chi connectivity index (χ2v) is 8.15. The van der Waals surface area contributed by atoms with Crippen LogP contribution in [0.2, 0.25) is 0 Å². The van der Waals surface area contributed by atoms with Gasteiger partial charge in [0.15, 0.2) is 0 Å². The summed E-state index contributed by atoms with van der Waals surface area (Å²) in [6.07, 6.45) is 9.25. The molecule has 2 aliphatic rings. The zero-order chi connectivity index (χ0) is 17.9. The zero-order valence-corrected chi connectivity index (χ0v) is 15.8. The van der Waals surface area contributed by atoms with Gasteiger partial charge in [0.05, 0.1) is 12.0 Å². The molecule has 1 aromatic heterocycles. The third-order valence-corrected chi connectivity index (χ3v) is 5.85. The van der Waals surface area contributed by atoms with Crippen LogP contribution in [0, 0.1) is 5.92 Å². The lowest BCUT2D eigenvalue weighted by Crippen LogP contribution is -2.63. The number of piperidine rings is 2. The maximum atomic E-state index is 12.3. The molecule has 0 saturated carbocycles. The molecular weight excluding hydrogens is 314 g/mol. The highest BCUT2D eigenvalue weighted by Gasteiger charge is 2.45. The van der Waals surface area contributed by atoms with E-state index in [0.717, 1.165) is 52.1 Å². The average Bonchev–Trinajstić information content (AvgIpc) is 3.02. The Morgan fingerprint density at radius 3 is 2.48 bits per heavy atom. The minimum Gasteiger partial charge on any atom is -0.368 e. The summed E-state index contributed by atoms with van der Waals surface area (Å²) in [6.45, 7) is 10.2. The van der Waals surface area contributed by atoms with Crippen LogP contribution in [-0.2, 0) is 17.9 Å². The molecule has 140 valence electrons. The van der Waals surface area contributed by atoms with E-state index in [9.17, 15) is 4.79 Å². The Morgan fingerprint density at radius 2 is 1.88 bits per heavy atom. The predicted molar refractivity (Wildman–Crippen MR) is 98.9 cm³/mol. The largest absolute Gasteiger partial charge is 0.368 e. The van der Waals surface area contributed by atoms with Crippen molar-refractivity contribution >= 4 is 5.91 Å². The van der Waals surface area contributed by atoms with Gasteiger partial charge in [-0.2, -0.15) is 0 Å². The molecule has 0 unspecified atom stereocenters. The Bertz CT molecular complexity index is 568. The highest BCUT2D eigenvalue weighted by Crippen LogP contribution is 2.32. The van der Waals surface area contributed by atoms with Crippen LogP contribution in [-0.4, -0.2) is 57.0 Å². The zero-order valence-electron chi connectivity index (χ0n) is 15.8. The van der Waals surface area contributed by atoms with E-state index in [0.29, 0.717) is 5.92 Å². The minimum atomic E-state index is -0.422. The van der Waals surface area contributed by atoms with Gasteiger partial charge in [0.1, 0.15) is 5.54 Å². The Balaban J connectivity index is 1.62. The van der Waals surface area contributed by atoms with E-state index < -0.39 is 5.54 Å². The number of likely N-dealkylation sites (tertiary alicyclic amines) is 2. The molecule has 6 nitrogen and oxygen atoms in total. The lowest BCUT2D eigenvalue weighted by molar-refractivity contribution is -0.135. The van der Waals surface area contributed by atoms with Crippen molar-refractivity contribution in [3.8, 4) is 0 Å². The summed E-state index contributed by atoms with van der Waals surface area (Å²) in [5.74, 6) is 0.481. The maximum Gasteiger partial charge on any atom is 0.238 e. The van der Waals surface area contributed by atoms with Gasteiger partial charge in [-0.15, -0.1) is 0 Å². The van der Waals surface area contributed by atoms with Crippen molar-refractivity contribution in [3.63, 3.8) is 0 Å². The molecule has 2 fully saturated rings. The molecule has 2 aliphatic heterocycles. The lowest BCUT2D eigenvalue weighted by Gasteiger charge is -2.48. The van der Waals surface area contributed by atoms with Crippen LogP contribution in [0.5, 0.6) is 0 Å². The van der Waals surface area contributed by atoms with Gasteiger partial charge in [0, 0.05) is 32.4 Å². The lowest BCUT2D eigenvalue weighted by atomic mass is 9.83. The van der Waals surface area contributed by atoms with E-state index in [2.05, 4.69) is 33.2 Å². The highest BCUT2D eigenvalue weighted by molar-refractivity contribution is 5.84. The SMILES string of the molecule is CC(C)Cn1cncc1CN1CCC(C(N)=O)(N2CCCCC2)CC1. The molecule has 0 bridgehead atoms. The summed E-state index contributed by atoms with van der Waals surface area (Å²) < 4.78 is 2.26. The number of carbonyl (C=O) groups is 1. The quantitative estimate of drug-likeness (QED) is 0.853. The van der Waals surface area contributed by atoms with E-state index in [1.165, 1.54) is 25.0 Å². The van der Waals surface area contributed by atoms with Crippen molar-refractivity contribution < 1.29 is 4.79 Å². The summed E-state index contributed by atoms with van der Waals surface area (Å²) >= 11 is 0. The van der Waals surface area contributed by atoms with Gasteiger partial charge in [0.25, 0.3) is 0 Å². The van der Waals surface area contributed by atoms with Crippen molar-refractivity contribution in [2.75, 3.05) is 26.2 Å². The van der Waals surface area contributed by atoms with Crippen molar-refractivity contribution in [1.29, 1.82) is 0 Å². The van der Waals surface area contributed by atoms with Gasteiger partial charge in [-0.3, -0.25) is 14.6 Å². The molecule has 3 heterocycles. The molecule has 2 N–H and O–H groups in total. The number of imidazole rings is 1. The topological polar surface area (TPSA) is 67.4 Å². The standard InChI is InChI=1S/C19H33N5O/c1-16(2)13-23-15-21-12-17(23)14-22-10-6-19(7-11-22,18(20)25)24-8-4-3-5-9-24/h12,15-16H,3-11,13-14H2,1-2H3,(H2,20,25). The van der Waals surface area contributed by atoms with Gasteiger partial charge >= 0.3 is 0 Å². The summed E-state index contributed by atoms with van der Waals surface area (Å²) in [5, 5.41) is 0. The first-order chi connectivity index (χ1) is 12.0. The molecule has 0 aromatic carbocycles. The molecule has 0 radical (unpaired) electrons. The van der Waals surface area contributed by atoms with Gasteiger partial charge in [-0.05, 0) is 44.7 Å². The Kier molecular flexibility index (Phi) is 5.79. The monoisotopic (exact) mass is 347 g/mol. The van der Waals surface area contributed by atoms with Crippen molar-refractivity contribution in [1.82, 2.24) is 19.4 Å². The first-order valence-electron chi connectivity index (χ1n) is 9.77. The molecule has 2 saturated heterocycles. The predicted octanol–water partition coefficient (Wildman–Crippen LogP) is 1.84. The molecule has 0 aliphatic carbocycles.